The lowest BCUT2D eigenvalue weighted by Gasteiger charge is -2.05. The second-order valence-corrected chi connectivity index (χ2v) is 7.01. The molecule has 0 spiro atoms. The molecule has 0 saturated carbocycles. The van der Waals surface area contributed by atoms with Gasteiger partial charge in [0.25, 0.3) is 11.5 Å². The first-order valence-corrected chi connectivity index (χ1v) is 9.41. The van der Waals surface area contributed by atoms with E-state index in [9.17, 15) is 14.0 Å². The van der Waals surface area contributed by atoms with E-state index < -0.39 is 5.91 Å². The van der Waals surface area contributed by atoms with Gasteiger partial charge in [0.2, 0.25) is 0 Å². The van der Waals surface area contributed by atoms with Crippen LogP contribution in [-0.4, -0.2) is 20.7 Å². The Morgan fingerprint density at radius 2 is 1.89 bits per heavy atom. The fourth-order valence-corrected chi connectivity index (χ4v) is 3.66. The fourth-order valence-electron chi connectivity index (χ4n) is 2.91. The van der Waals surface area contributed by atoms with Crippen molar-refractivity contribution < 1.29 is 9.18 Å². The molecule has 0 atom stereocenters. The lowest BCUT2D eigenvalue weighted by Crippen LogP contribution is -2.19. The van der Waals surface area contributed by atoms with E-state index in [1.54, 1.807) is 58.6 Å². The number of carbonyl (C=O) groups excluding carboxylic acids is 1. The van der Waals surface area contributed by atoms with Crippen molar-refractivity contribution in [2.75, 3.05) is 0 Å². The molecule has 2 heterocycles. The van der Waals surface area contributed by atoms with Crippen molar-refractivity contribution in [3.8, 4) is 0 Å². The quantitative estimate of drug-likeness (QED) is 0.578. The van der Waals surface area contributed by atoms with Crippen LogP contribution in [0.3, 0.4) is 0 Å². The van der Waals surface area contributed by atoms with Crippen molar-refractivity contribution >= 4 is 28.0 Å². The van der Waals surface area contributed by atoms with Gasteiger partial charge in [-0.2, -0.15) is 10.1 Å². The lowest BCUT2D eigenvalue weighted by molar-refractivity contribution is -0.117. The van der Waals surface area contributed by atoms with Crippen LogP contribution in [0.1, 0.15) is 11.3 Å². The molecule has 4 rings (SSSR count). The maximum atomic E-state index is 13.9. The van der Waals surface area contributed by atoms with Gasteiger partial charge in [-0.25, -0.2) is 9.49 Å². The number of H-pyrrole nitrogens is 1. The van der Waals surface area contributed by atoms with Crippen molar-refractivity contribution in [2.45, 2.75) is 13.0 Å². The first-order chi connectivity index (χ1) is 13.6. The van der Waals surface area contributed by atoms with Crippen LogP contribution >= 0.6 is 11.3 Å². The molecule has 8 heteroatoms. The Balaban J connectivity index is 1.62. The molecule has 0 aliphatic rings. The number of aromatic amines is 1. The van der Waals surface area contributed by atoms with Crippen molar-refractivity contribution in [3.05, 3.63) is 92.3 Å². The summed E-state index contributed by atoms with van der Waals surface area (Å²) in [6, 6.07) is 13.5. The fraction of sp³-hybridized carbons (Fsp3) is 0.100. The van der Waals surface area contributed by atoms with Crippen LogP contribution in [0, 0.1) is 5.82 Å². The molecular formula is C20H15FN4O2S. The highest BCUT2D eigenvalue weighted by molar-refractivity contribution is 7.07. The van der Waals surface area contributed by atoms with Gasteiger partial charge in [0.05, 0.1) is 24.0 Å². The van der Waals surface area contributed by atoms with Gasteiger partial charge in [-0.05, 0) is 12.1 Å². The summed E-state index contributed by atoms with van der Waals surface area (Å²) in [4.78, 5) is 29.0. The molecule has 0 aliphatic heterocycles. The summed E-state index contributed by atoms with van der Waals surface area (Å²) in [5.74, 6) is -0.697. The van der Waals surface area contributed by atoms with Gasteiger partial charge in [0, 0.05) is 22.5 Å². The van der Waals surface area contributed by atoms with Crippen molar-refractivity contribution in [3.63, 3.8) is 0 Å². The molecule has 0 saturated heterocycles. The number of nitrogens with one attached hydrogen (secondary N) is 1. The predicted molar refractivity (Wildman–Crippen MR) is 104 cm³/mol. The summed E-state index contributed by atoms with van der Waals surface area (Å²) >= 11 is 1.29. The summed E-state index contributed by atoms with van der Waals surface area (Å²) in [7, 11) is 0. The Labute approximate surface area is 162 Å². The smallest absolute Gasteiger partial charge is 0.272 e. The number of nitrogens with zero attached hydrogens (tertiary/aromatic N) is 3. The van der Waals surface area contributed by atoms with Crippen molar-refractivity contribution in [1.82, 2.24) is 14.8 Å². The molecule has 0 fully saturated rings. The Morgan fingerprint density at radius 1 is 1.14 bits per heavy atom. The SMILES string of the molecule is O=C(Cc1n[nH]c(=O)c2ccccc12)N=c1sccn1Cc1ccccc1F. The van der Waals surface area contributed by atoms with E-state index in [0.29, 0.717) is 26.8 Å². The molecule has 1 N–H and O–H groups in total. The molecule has 0 radical (unpaired) electrons. The molecule has 4 aromatic rings. The van der Waals surface area contributed by atoms with Gasteiger partial charge in [-0.3, -0.25) is 9.59 Å². The van der Waals surface area contributed by atoms with Crippen molar-refractivity contribution in [1.29, 1.82) is 0 Å². The highest BCUT2D eigenvalue weighted by atomic mass is 32.1. The second kappa shape index (κ2) is 7.69. The molecule has 28 heavy (non-hydrogen) atoms. The average Bonchev–Trinajstić information content (AvgIpc) is 3.12. The Hall–Kier alpha value is -3.39. The third kappa shape index (κ3) is 3.67. The topological polar surface area (TPSA) is 80.1 Å². The van der Waals surface area contributed by atoms with Crippen LogP contribution < -0.4 is 10.4 Å². The minimum Gasteiger partial charge on any atom is -0.319 e. The van der Waals surface area contributed by atoms with Crippen LogP contribution in [-0.2, 0) is 17.8 Å². The zero-order valence-electron chi connectivity index (χ0n) is 14.6. The molecule has 140 valence electrons. The maximum Gasteiger partial charge on any atom is 0.272 e. The minimum absolute atomic E-state index is 0.0467. The first-order valence-electron chi connectivity index (χ1n) is 8.53. The second-order valence-electron chi connectivity index (χ2n) is 6.13. The number of halogens is 1. The van der Waals surface area contributed by atoms with Crippen LogP contribution in [0.5, 0.6) is 0 Å². The number of hydrogen-bond acceptors (Lipinski definition) is 4. The Kier molecular flexibility index (Phi) is 4.94. The highest BCUT2D eigenvalue weighted by Gasteiger charge is 2.11. The van der Waals surface area contributed by atoms with E-state index in [1.165, 1.54) is 17.4 Å². The normalized spacial score (nSPS) is 11.8. The number of hydrogen-bond donors (Lipinski definition) is 1. The highest BCUT2D eigenvalue weighted by Crippen LogP contribution is 2.13. The van der Waals surface area contributed by atoms with Crippen molar-refractivity contribution in [2.24, 2.45) is 4.99 Å². The molecule has 0 aliphatic carbocycles. The van der Waals surface area contributed by atoms with Crippen LogP contribution in [0.25, 0.3) is 10.8 Å². The molecule has 2 aromatic carbocycles. The molecule has 0 bridgehead atoms. The lowest BCUT2D eigenvalue weighted by atomic mass is 10.1. The molecule has 2 aromatic heterocycles. The third-order valence-corrected chi connectivity index (χ3v) is 5.07. The van der Waals surface area contributed by atoms with Gasteiger partial charge in [0.1, 0.15) is 5.82 Å². The van der Waals surface area contributed by atoms with Gasteiger partial charge >= 0.3 is 0 Å². The van der Waals surface area contributed by atoms with E-state index in [4.69, 9.17) is 0 Å². The largest absolute Gasteiger partial charge is 0.319 e. The van der Waals surface area contributed by atoms with E-state index >= 15 is 0 Å². The number of rotatable bonds is 4. The number of carbonyl (C=O) groups is 1. The van der Waals surface area contributed by atoms with Crippen LogP contribution in [0.15, 0.2) is 69.9 Å². The van der Waals surface area contributed by atoms with E-state index in [-0.39, 0.29) is 24.3 Å². The molecular weight excluding hydrogens is 379 g/mol. The van der Waals surface area contributed by atoms with Gasteiger partial charge in [0.15, 0.2) is 4.80 Å². The first kappa shape index (κ1) is 18.0. The van der Waals surface area contributed by atoms with Crippen LogP contribution in [0.2, 0.25) is 0 Å². The zero-order valence-corrected chi connectivity index (χ0v) is 15.4. The van der Waals surface area contributed by atoms with E-state index in [0.717, 1.165) is 0 Å². The minimum atomic E-state index is -0.394. The summed E-state index contributed by atoms with van der Waals surface area (Å²) in [6.07, 6.45) is 1.71. The standard InChI is InChI=1S/C20H15FN4O2S/c21-16-8-4-1-5-13(16)12-25-9-10-28-20(25)22-18(26)11-17-14-6-2-3-7-15(14)19(27)24-23-17/h1-10H,11-12H2,(H,24,27). The summed E-state index contributed by atoms with van der Waals surface area (Å²) < 4.78 is 15.6. The molecule has 1 amide bonds. The summed E-state index contributed by atoms with van der Waals surface area (Å²) in [5.41, 5.74) is 0.675. The van der Waals surface area contributed by atoms with Gasteiger partial charge < -0.3 is 4.57 Å². The Morgan fingerprint density at radius 3 is 2.71 bits per heavy atom. The number of thiazole rings is 1. The van der Waals surface area contributed by atoms with Gasteiger partial charge in [-0.1, -0.05) is 36.4 Å². The number of amides is 1. The third-order valence-electron chi connectivity index (χ3n) is 4.27. The zero-order chi connectivity index (χ0) is 19.5. The van der Waals surface area contributed by atoms with E-state index in [2.05, 4.69) is 15.2 Å². The monoisotopic (exact) mass is 394 g/mol. The summed E-state index contributed by atoms with van der Waals surface area (Å²) in [6.45, 7) is 0.280. The van der Waals surface area contributed by atoms with E-state index in [1.807, 2.05) is 0 Å². The molecule has 6 nitrogen and oxygen atoms in total. The van der Waals surface area contributed by atoms with Crippen LogP contribution in [0.4, 0.5) is 4.39 Å². The number of benzene rings is 2. The predicted octanol–water partition coefficient (Wildman–Crippen LogP) is 2.64. The summed E-state index contributed by atoms with van der Waals surface area (Å²) in [5, 5.41) is 9.32. The average molecular weight is 394 g/mol. The number of fused-ring (bicyclic) bond motifs is 1. The maximum absolute atomic E-state index is 13.9. The van der Waals surface area contributed by atoms with Gasteiger partial charge in [-0.15, -0.1) is 11.3 Å². The Bertz CT molecular complexity index is 1290. The number of aromatic nitrogens is 3. The molecule has 0 unspecified atom stereocenters.